The molecule has 0 saturated heterocycles. The van der Waals surface area contributed by atoms with Crippen molar-refractivity contribution in [2.24, 2.45) is 0 Å². The maximum atomic E-state index is 13.3. The summed E-state index contributed by atoms with van der Waals surface area (Å²) < 4.78 is 13.3. The third-order valence-electron chi connectivity index (χ3n) is 3.63. The first kappa shape index (κ1) is 17.7. The van der Waals surface area contributed by atoms with Gasteiger partial charge in [0.2, 0.25) is 0 Å². The fourth-order valence-corrected chi connectivity index (χ4v) is 2.26. The molecule has 0 aliphatic heterocycles. The summed E-state index contributed by atoms with van der Waals surface area (Å²) >= 11 is 0. The second-order valence-electron chi connectivity index (χ2n) is 6.76. The Hall–Kier alpha value is -3.16. The van der Waals surface area contributed by atoms with Crippen molar-refractivity contribution in [1.29, 1.82) is 0 Å². The van der Waals surface area contributed by atoms with E-state index in [0.717, 1.165) is 0 Å². The maximum absolute atomic E-state index is 13.3. The molecule has 1 aromatic carbocycles. The van der Waals surface area contributed by atoms with Gasteiger partial charge in [-0.3, -0.25) is 14.7 Å². The Balaban J connectivity index is 1.95. The van der Waals surface area contributed by atoms with Crippen molar-refractivity contribution in [2.75, 3.05) is 4.90 Å². The van der Waals surface area contributed by atoms with Crippen LogP contribution in [0.2, 0.25) is 0 Å². The van der Waals surface area contributed by atoms with Crippen molar-refractivity contribution in [3.63, 3.8) is 0 Å². The van der Waals surface area contributed by atoms with Crippen molar-refractivity contribution in [3.05, 3.63) is 66.0 Å². The lowest BCUT2D eigenvalue weighted by atomic mass is 10.1. The second kappa shape index (κ2) is 6.99. The highest BCUT2D eigenvalue weighted by atomic mass is 19.1. The third-order valence-corrected chi connectivity index (χ3v) is 3.63. The zero-order valence-corrected chi connectivity index (χ0v) is 14.8. The molecule has 8 heteroatoms. The molecule has 2 heterocycles. The van der Waals surface area contributed by atoms with E-state index in [1.165, 1.54) is 34.0 Å². The number of pyridine rings is 1. The van der Waals surface area contributed by atoms with E-state index in [0.29, 0.717) is 11.4 Å². The van der Waals surface area contributed by atoms with Gasteiger partial charge < -0.3 is 0 Å². The number of anilines is 1. The Bertz CT molecular complexity index is 886. The lowest BCUT2D eigenvalue weighted by Gasteiger charge is -2.21. The number of amides is 1. The largest absolute Gasteiger partial charge is 0.300 e. The van der Waals surface area contributed by atoms with Gasteiger partial charge in [0.25, 0.3) is 11.7 Å². The SMILES string of the molecule is CC(C)(C)n1nnc(C(=O)N(Cc2ccccn2)c2ccc(F)cc2)n1. The van der Waals surface area contributed by atoms with Gasteiger partial charge >= 0.3 is 0 Å². The van der Waals surface area contributed by atoms with Gasteiger partial charge in [0, 0.05) is 11.9 Å². The molecule has 3 rings (SSSR count). The monoisotopic (exact) mass is 354 g/mol. The van der Waals surface area contributed by atoms with Crippen LogP contribution in [0.1, 0.15) is 37.1 Å². The van der Waals surface area contributed by atoms with Crippen molar-refractivity contribution < 1.29 is 9.18 Å². The number of hydrogen-bond acceptors (Lipinski definition) is 5. The zero-order valence-electron chi connectivity index (χ0n) is 14.8. The van der Waals surface area contributed by atoms with Crippen molar-refractivity contribution >= 4 is 11.6 Å². The van der Waals surface area contributed by atoms with E-state index < -0.39 is 11.4 Å². The number of halogens is 1. The third kappa shape index (κ3) is 3.90. The van der Waals surface area contributed by atoms with Crippen LogP contribution in [-0.2, 0) is 12.1 Å². The van der Waals surface area contributed by atoms with Crippen LogP contribution in [0.25, 0.3) is 0 Å². The van der Waals surface area contributed by atoms with Gasteiger partial charge in [0.1, 0.15) is 5.82 Å². The van der Waals surface area contributed by atoms with Gasteiger partial charge in [-0.15, -0.1) is 10.2 Å². The van der Waals surface area contributed by atoms with Crippen LogP contribution in [0.5, 0.6) is 0 Å². The molecule has 7 nitrogen and oxygen atoms in total. The molecule has 3 aromatic rings. The molecule has 0 atom stereocenters. The van der Waals surface area contributed by atoms with Crippen LogP contribution in [0.15, 0.2) is 48.7 Å². The topological polar surface area (TPSA) is 76.8 Å². The molecule has 0 N–H and O–H groups in total. The molecule has 0 bridgehead atoms. The summed E-state index contributed by atoms with van der Waals surface area (Å²) in [5, 5.41) is 12.0. The van der Waals surface area contributed by atoms with Crippen molar-refractivity contribution in [2.45, 2.75) is 32.9 Å². The molecule has 2 aromatic heterocycles. The summed E-state index contributed by atoms with van der Waals surface area (Å²) in [7, 11) is 0. The van der Waals surface area contributed by atoms with Crippen LogP contribution in [0.4, 0.5) is 10.1 Å². The van der Waals surface area contributed by atoms with Crippen LogP contribution < -0.4 is 4.90 Å². The highest BCUT2D eigenvalue weighted by Crippen LogP contribution is 2.19. The van der Waals surface area contributed by atoms with Crippen molar-refractivity contribution in [1.82, 2.24) is 25.2 Å². The smallest absolute Gasteiger partial charge is 0.300 e. The first-order chi connectivity index (χ1) is 12.3. The molecule has 0 fully saturated rings. The minimum absolute atomic E-state index is 0.0276. The Morgan fingerprint density at radius 2 is 1.88 bits per heavy atom. The normalized spacial score (nSPS) is 11.4. The standard InChI is InChI=1S/C18H19FN6O/c1-18(2,3)25-22-16(21-23-25)17(26)24(12-14-6-4-5-11-20-14)15-9-7-13(19)8-10-15/h4-11H,12H2,1-3H3. The number of benzene rings is 1. The molecule has 26 heavy (non-hydrogen) atoms. The number of tetrazole rings is 1. The minimum atomic E-state index is -0.433. The lowest BCUT2D eigenvalue weighted by Crippen LogP contribution is -2.32. The molecule has 0 spiro atoms. The number of carbonyl (C=O) groups is 1. The first-order valence-electron chi connectivity index (χ1n) is 8.12. The lowest BCUT2D eigenvalue weighted by molar-refractivity contribution is 0.0974. The van der Waals surface area contributed by atoms with Gasteiger partial charge in [0.05, 0.1) is 17.8 Å². The number of carbonyl (C=O) groups excluding carboxylic acids is 1. The summed E-state index contributed by atoms with van der Waals surface area (Å²) in [5.41, 5.74) is 0.815. The average molecular weight is 354 g/mol. The highest BCUT2D eigenvalue weighted by molar-refractivity contribution is 6.03. The van der Waals surface area contributed by atoms with Crippen LogP contribution in [0, 0.1) is 5.82 Å². The molecule has 0 aliphatic carbocycles. The summed E-state index contributed by atoms with van der Waals surface area (Å²) in [5.74, 6) is -0.839. The Labute approximate surface area is 150 Å². The van der Waals surface area contributed by atoms with Gasteiger partial charge in [-0.25, -0.2) is 4.39 Å². The fraction of sp³-hybridized carbons (Fsp3) is 0.278. The predicted octanol–water partition coefficient (Wildman–Crippen LogP) is 2.81. The molecule has 134 valence electrons. The zero-order chi connectivity index (χ0) is 18.7. The van der Waals surface area contributed by atoms with Crippen LogP contribution in [0.3, 0.4) is 0 Å². The molecule has 0 radical (unpaired) electrons. The number of nitrogens with zero attached hydrogens (tertiary/aromatic N) is 6. The Kier molecular flexibility index (Phi) is 4.75. The molecule has 1 amide bonds. The van der Waals surface area contributed by atoms with E-state index >= 15 is 0 Å². The van der Waals surface area contributed by atoms with E-state index in [9.17, 15) is 9.18 Å². The average Bonchev–Trinajstić information content (AvgIpc) is 3.11. The van der Waals surface area contributed by atoms with E-state index in [4.69, 9.17) is 0 Å². The molecular formula is C18H19FN6O. The molecular weight excluding hydrogens is 335 g/mol. The number of hydrogen-bond donors (Lipinski definition) is 0. The Morgan fingerprint density at radius 1 is 1.15 bits per heavy atom. The molecule has 0 aliphatic rings. The van der Waals surface area contributed by atoms with E-state index in [1.54, 1.807) is 12.3 Å². The summed E-state index contributed by atoms with van der Waals surface area (Å²) in [6, 6.07) is 11.1. The van der Waals surface area contributed by atoms with Gasteiger partial charge in [-0.05, 0) is 62.4 Å². The van der Waals surface area contributed by atoms with Gasteiger partial charge in [-0.1, -0.05) is 6.07 Å². The van der Waals surface area contributed by atoms with Gasteiger partial charge in [-0.2, -0.15) is 4.80 Å². The molecule has 0 saturated carbocycles. The van der Waals surface area contributed by atoms with Crippen LogP contribution in [-0.4, -0.2) is 31.1 Å². The summed E-state index contributed by atoms with van der Waals surface area (Å²) in [4.78, 5) is 20.1. The first-order valence-corrected chi connectivity index (χ1v) is 8.12. The minimum Gasteiger partial charge on any atom is -0.300 e. The number of rotatable bonds is 4. The van der Waals surface area contributed by atoms with Gasteiger partial charge in [0.15, 0.2) is 0 Å². The molecule has 0 unspecified atom stereocenters. The van der Waals surface area contributed by atoms with Crippen LogP contribution >= 0.6 is 0 Å². The van der Waals surface area contributed by atoms with E-state index in [-0.39, 0.29) is 18.2 Å². The second-order valence-corrected chi connectivity index (χ2v) is 6.76. The van der Waals surface area contributed by atoms with Crippen molar-refractivity contribution in [3.8, 4) is 0 Å². The summed E-state index contributed by atoms with van der Waals surface area (Å²) in [6.45, 7) is 5.94. The number of aromatic nitrogens is 5. The Morgan fingerprint density at radius 3 is 2.46 bits per heavy atom. The highest BCUT2D eigenvalue weighted by Gasteiger charge is 2.25. The van der Waals surface area contributed by atoms with E-state index in [1.807, 2.05) is 32.9 Å². The van der Waals surface area contributed by atoms with E-state index in [2.05, 4.69) is 20.4 Å². The maximum Gasteiger partial charge on any atom is 0.300 e. The predicted molar refractivity (Wildman–Crippen MR) is 94.0 cm³/mol. The quantitative estimate of drug-likeness (QED) is 0.720. The fourth-order valence-electron chi connectivity index (χ4n) is 2.26. The summed E-state index contributed by atoms with van der Waals surface area (Å²) in [6.07, 6.45) is 1.65.